The van der Waals surface area contributed by atoms with Gasteiger partial charge in [-0.3, -0.25) is 0 Å². The van der Waals surface area contributed by atoms with Crippen molar-refractivity contribution in [1.82, 2.24) is 4.98 Å². The van der Waals surface area contributed by atoms with Crippen LogP contribution in [0.3, 0.4) is 0 Å². The van der Waals surface area contributed by atoms with Gasteiger partial charge >= 0.3 is 0 Å². The number of thiophene rings is 1. The van der Waals surface area contributed by atoms with Gasteiger partial charge in [-0.15, -0.1) is 11.3 Å². The first-order chi connectivity index (χ1) is 14.8. The fourth-order valence-electron chi connectivity index (χ4n) is 4.02. The Kier molecular flexibility index (Phi) is 5.17. The van der Waals surface area contributed by atoms with Gasteiger partial charge in [0.15, 0.2) is 0 Å². The number of benzene rings is 2. The first-order valence-electron chi connectivity index (χ1n) is 10.0. The molecule has 1 aliphatic heterocycles. The lowest BCUT2D eigenvalue weighted by molar-refractivity contribution is -0.127. The Morgan fingerprint density at radius 1 is 0.900 bits per heavy atom. The number of aromatic nitrogens is 1. The third-order valence-corrected chi connectivity index (χ3v) is 6.70. The molecule has 0 bridgehead atoms. The standard InChI is InChI=1S/C25H23NO3S/c1-27-20-11-9-18(10-12-20)24(21-8-5-15-26-21)22-13-14-23(30-22)25(28-16-17-29-25)19-6-3-2-4-7-19/h2-15,24,26H,16-17H2,1H3. The maximum Gasteiger partial charge on any atom is 0.232 e. The molecule has 4 nitrogen and oxygen atoms in total. The molecule has 152 valence electrons. The van der Waals surface area contributed by atoms with Gasteiger partial charge in [0, 0.05) is 22.3 Å². The van der Waals surface area contributed by atoms with Crippen LogP contribution in [0.25, 0.3) is 0 Å². The summed E-state index contributed by atoms with van der Waals surface area (Å²) in [6, 6.07) is 26.9. The van der Waals surface area contributed by atoms with E-state index in [4.69, 9.17) is 14.2 Å². The van der Waals surface area contributed by atoms with E-state index < -0.39 is 5.79 Å². The fraction of sp³-hybridized carbons (Fsp3) is 0.200. The minimum absolute atomic E-state index is 0.0962. The molecule has 1 atom stereocenters. The number of aromatic amines is 1. The van der Waals surface area contributed by atoms with E-state index in [1.807, 2.05) is 42.6 Å². The van der Waals surface area contributed by atoms with Crippen molar-refractivity contribution in [3.63, 3.8) is 0 Å². The molecule has 30 heavy (non-hydrogen) atoms. The van der Waals surface area contributed by atoms with Crippen molar-refractivity contribution >= 4 is 11.3 Å². The van der Waals surface area contributed by atoms with Crippen molar-refractivity contribution in [2.75, 3.05) is 20.3 Å². The maximum absolute atomic E-state index is 6.20. The van der Waals surface area contributed by atoms with Crippen molar-refractivity contribution < 1.29 is 14.2 Å². The number of hydrogen-bond acceptors (Lipinski definition) is 4. The molecular weight excluding hydrogens is 394 g/mol. The van der Waals surface area contributed by atoms with Gasteiger partial charge in [-0.2, -0.15) is 0 Å². The summed E-state index contributed by atoms with van der Waals surface area (Å²) in [6.45, 7) is 1.17. The monoisotopic (exact) mass is 417 g/mol. The number of nitrogens with one attached hydrogen (secondary N) is 1. The minimum atomic E-state index is -0.829. The van der Waals surface area contributed by atoms with E-state index in [2.05, 4.69) is 47.4 Å². The zero-order valence-electron chi connectivity index (χ0n) is 16.7. The smallest absolute Gasteiger partial charge is 0.232 e. The highest BCUT2D eigenvalue weighted by atomic mass is 32.1. The Morgan fingerprint density at radius 2 is 1.67 bits per heavy atom. The zero-order valence-corrected chi connectivity index (χ0v) is 17.5. The Bertz CT molecular complexity index is 1080. The summed E-state index contributed by atoms with van der Waals surface area (Å²) in [5.74, 6) is 0.121. The molecular formula is C25H23NO3S. The second-order valence-electron chi connectivity index (χ2n) is 7.21. The molecule has 5 rings (SSSR count). The van der Waals surface area contributed by atoms with Gasteiger partial charge in [-0.1, -0.05) is 42.5 Å². The number of methoxy groups -OCH3 is 1. The summed E-state index contributed by atoms with van der Waals surface area (Å²) in [4.78, 5) is 5.69. The van der Waals surface area contributed by atoms with E-state index in [9.17, 15) is 0 Å². The largest absolute Gasteiger partial charge is 0.497 e. The number of hydrogen-bond donors (Lipinski definition) is 1. The van der Waals surface area contributed by atoms with Crippen molar-refractivity contribution in [1.29, 1.82) is 0 Å². The number of rotatable bonds is 6. The second-order valence-corrected chi connectivity index (χ2v) is 8.33. The Balaban J connectivity index is 1.57. The number of ether oxygens (including phenoxy) is 3. The van der Waals surface area contributed by atoms with Crippen LogP contribution in [0.1, 0.15) is 32.5 Å². The minimum Gasteiger partial charge on any atom is -0.497 e. The van der Waals surface area contributed by atoms with Crippen molar-refractivity contribution in [2.24, 2.45) is 0 Å². The predicted molar refractivity (Wildman–Crippen MR) is 118 cm³/mol. The summed E-state index contributed by atoms with van der Waals surface area (Å²) >= 11 is 1.73. The van der Waals surface area contributed by atoms with Crippen LogP contribution in [0.4, 0.5) is 0 Å². The predicted octanol–water partition coefficient (Wildman–Crippen LogP) is 5.51. The average molecular weight is 418 g/mol. The maximum atomic E-state index is 6.20. The third kappa shape index (κ3) is 3.35. The summed E-state index contributed by atoms with van der Waals surface area (Å²) in [7, 11) is 1.69. The second kappa shape index (κ2) is 8.11. The van der Waals surface area contributed by atoms with E-state index >= 15 is 0 Å². The van der Waals surface area contributed by atoms with Crippen molar-refractivity contribution in [3.05, 3.63) is 112 Å². The highest BCUT2D eigenvalue weighted by Crippen LogP contribution is 2.44. The van der Waals surface area contributed by atoms with Crippen LogP contribution in [-0.4, -0.2) is 25.3 Å². The molecule has 1 aliphatic rings. The van der Waals surface area contributed by atoms with Crippen molar-refractivity contribution in [2.45, 2.75) is 11.7 Å². The summed E-state index contributed by atoms with van der Waals surface area (Å²) in [6.07, 6.45) is 1.97. The molecule has 1 unspecified atom stereocenters. The first-order valence-corrected chi connectivity index (χ1v) is 10.8. The SMILES string of the molecule is COc1ccc(C(c2ccc[nH]2)c2ccc(C3(c4ccccc4)OCCO3)s2)cc1. The first kappa shape index (κ1) is 19.1. The van der Waals surface area contributed by atoms with E-state index in [1.165, 1.54) is 10.4 Å². The summed E-state index contributed by atoms with van der Waals surface area (Å²) in [5.41, 5.74) is 3.38. The fourth-order valence-corrected chi connectivity index (χ4v) is 5.30. The highest BCUT2D eigenvalue weighted by molar-refractivity contribution is 7.12. The molecule has 3 heterocycles. The Labute approximate surface area is 180 Å². The van der Waals surface area contributed by atoms with Gasteiger partial charge in [0.2, 0.25) is 5.79 Å². The van der Waals surface area contributed by atoms with Crippen LogP contribution in [-0.2, 0) is 15.3 Å². The highest BCUT2D eigenvalue weighted by Gasteiger charge is 2.42. The summed E-state index contributed by atoms with van der Waals surface area (Å²) in [5, 5.41) is 0. The molecule has 5 heteroatoms. The molecule has 1 N–H and O–H groups in total. The van der Waals surface area contributed by atoms with E-state index in [0.717, 1.165) is 21.9 Å². The lowest BCUT2D eigenvalue weighted by Gasteiger charge is -2.26. The molecule has 2 aromatic heterocycles. The van der Waals surface area contributed by atoms with Crippen LogP contribution in [0.2, 0.25) is 0 Å². The van der Waals surface area contributed by atoms with E-state index in [1.54, 1.807) is 18.4 Å². The quantitative estimate of drug-likeness (QED) is 0.450. The van der Waals surface area contributed by atoms with Crippen molar-refractivity contribution in [3.8, 4) is 5.75 Å². The third-order valence-electron chi connectivity index (χ3n) is 5.47. The molecule has 0 amide bonds. The summed E-state index contributed by atoms with van der Waals surface area (Å²) < 4.78 is 17.7. The van der Waals surface area contributed by atoms with Crippen LogP contribution < -0.4 is 4.74 Å². The normalized spacial score (nSPS) is 16.4. The van der Waals surface area contributed by atoms with Crippen LogP contribution in [0.5, 0.6) is 5.75 Å². The molecule has 0 saturated carbocycles. The average Bonchev–Trinajstić information content (AvgIpc) is 3.57. The molecule has 0 spiro atoms. The Morgan fingerprint density at radius 3 is 2.33 bits per heavy atom. The molecule has 0 aliphatic carbocycles. The number of H-pyrrole nitrogens is 1. The van der Waals surface area contributed by atoms with Gasteiger partial charge in [0.05, 0.1) is 31.1 Å². The lowest BCUT2D eigenvalue weighted by Crippen LogP contribution is -2.27. The topological polar surface area (TPSA) is 43.5 Å². The molecule has 4 aromatic rings. The van der Waals surface area contributed by atoms with Crippen LogP contribution >= 0.6 is 11.3 Å². The van der Waals surface area contributed by atoms with Crippen LogP contribution in [0, 0.1) is 0 Å². The zero-order chi connectivity index (χ0) is 20.4. The van der Waals surface area contributed by atoms with E-state index in [0.29, 0.717) is 13.2 Å². The molecule has 1 saturated heterocycles. The van der Waals surface area contributed by atoms with Gasteiger partial charge in [0.25, 0.3) is 0 Å². The van der Waals surface area contributed by atoms with Gasteiger partial charge in [-0.05, 0) is 42.0 Å². The molecule has 1 fully saturated rings. The van der Waals surface area contributed by atoms with Gasteiger partial charge < -0.3 is 19.2 Å². The molecule has 0 radical (unpaired) electrons. The Hall–Kier alpha value is -2.86. The molecule has 2 aromatic carbocycles. The van der Waals surface area contributed by atoms with E-state index in [-0.39, 0.29) is 5.92 Å². The van der Waals surface area contributed by atoms with Gasteiger partial charge in [-0.25, -0.2) is 0 Å². The van der Waals surface area contributed by atoms with Gasteiger partial charge in [0.1, 0.15) is 5.75 Å². The van der Waals surface area contributed by atoms with Crippen LogP contribution in [0.15, 0.2) is 85.1 Å². The lowest BCUT2D eigenvalue weighted by atomic mass is 9.94.